The summed E-state index contributed by atoms with van der Waals surface area (Å²) in [6.45, 7) is 19.9. The number of hydrogen-bond acceptors (Lipinski definition) is 6. The Balaban J connectivity index is 2.58. The molecule has 2 aromatic carbocycles. The lowest BCUT2D eigenvalue weighted by atomic mass is 9.94. The van der Waals surface area contributed by atoms with Crippen molar-refractivity contribution in [3.05, 3.63) is 70.8 Å². The summed E-state index contributed by atoms with van der Waals surface area (Å²) in [6, 6.07) is 12.0. The van der Waals surface area contributed by atoms with Crippen LogP contribution in [0.25, 0.3) is 0 Å². The smallest absolute Gasteiger partial charge is 0.408 e. The van der Waals surface area contributed by atoms with Gasteiger partial charge in [0.15, 0.2) is 0 Å². The van der Waals surface area contributed by atoms with Crippen LogP contribution in [0.15, 0.2) is 48.5 Å². The monoisotopic (exact) mass is 609 g/mol. The van der Waals surface area contributed by atoms with Gasteiger partial charge in [0.25, 0.3) is 0 Å². The summed E-state index contributed by atoms with van der Waals surface area (Å²) in [6.07, 6.45) is -0.517. The van der Waals surface area contributed by atoms with Crippen molar-refractivity contribution in [3.63, 3.8) is 0 Å². The predicted octanol–water partition coefficient (Wildman–Crippen LogP) is 5.81. The van der Waals surface area contributed by atoms with Gasteiger partial charge in [-0.2, -0.15) is 0 Å². The molecule has 0 aliphatic carbocycles. The maximum atomic E-state index is 14.4. The van der Waals surface area contributed by atoms with Gasteiger partial charge in [-0.3, -0.25) is 9.59 Å². The van der Waals surface area contributed by atoms with E-state index in [1.165, 1.54) is 4.90 Å². The van der Waals surface area contributed by atoms with E-state index in [9.17, 15) is 19.2 Å². The number of carbonyl (C=O) groups is 4. The fourth-order valence-corrected chi connectivity index (χ4v) is 4.76. The van der Waals surface area contributed by atoms with Crippen LogP contribution in [0.2, 0.25) is 0 Å². The van der Waals surface area contributed by atoms with E-state index in [0.717, 1.165) is 16.7 Å². The fourth-order valence-electron chi connectivity index (χ4n) is 4.76. The third kappa shape index (κ3) is 11.0. The second-order valence-corrected chi connectivity index (χ2v) is 13.5. The lowest BCUT2D eigenvalue weighted by molar-refractivity contribution is -0.159. The molecule has 9 heteroatoms. The van der Waals surface area contributed by atoms with Gasteiger partial charge in [0, 0.05) is 13.0 Å². The van der Waals surface area contributed by atoms with Crippen molar-refractivity contribution in [2.24, 2.45) is 5.92 Å². The molecule has 0 aliphatic rings. The number of carbonyl (C=O) groups excluding carboxylic acids is 4. The van der Waals surface area contributed by atoms with Crippen LogP contribution in [0.5, 0.6) is 0 Å². The maximum Gasteiger partial charge on any atom is 0.408 e. The molecule has 2 aromatic rings. The van der Waals surface area contributed by atoms with Crippen molar-refractivity contribution in [1.29, 1.82) is 0 Å². The van der Waals surface area contributed by atoms with E-state index < -0.39 is 53.2 Å². The Morgan fingerprint density at radius 3 is 1.95 bits per heavy atom. The molecule has 2 N–H and O–H groups in total. The zero-order valence-electron chi connectivity index (χ0n) is 28.2. The van der Waals surface area contributed by atoms with Crippen LogP contribution >= 0.6 is 0 Å². The van der Waals surface area contributed by atoms with Crippen LogP contribution in [-0.2, 0) is 30.3 Å². The van der Waals surface area contributed by atoms with E-state index in [2.05, 4.69) is 10.6 Å². The van der Waals surface area contributed by atoms with Gasteiger partial charge < -0.3 is 25.0 Å². The van der Waals surface area contributed by atoms with Crippen molar-refractivity contribution in [3.8, 4) is 0 Å². The zero-order chi connectivity index (χ0) is 33.4. The van der Waals surface area contributed by atoms with Crippen molar-refractivity contribution in [1.82, 2.24) is 15.5 Å². The molecule has 0 spiro atoms. The summed E-state index contributed by atoms with van der Waals surface area (Å²) >= 11 is 0. The Bertz CT molecular complexity index is 1290. The summed E-state index contributed by atoms with van der Waals surface area (Å²) in [7, 11) is 0. The SMILES string of the molecule is CCN(C(=O)C(NC(=O)OC(C)(C)C)C(C)C)C(C(=O)NC(Cc1ccccc1)C(=O)OC(C)(C)C)c1cc(C)ccc1C. The zero-order valence-corrected chi connectivity index (χ0v) is 28.2. The van der Waals surface area contributed by atoms with Crippen LogP contribution in [-0.4, -0.2) is 58.6 Å². The first-order valence-corrected chi connectivity index (χ1v) is 15.3. The molecule has 44 heavy (non-hydrogen) atoms. The Morgan fingerprint density at radius 1 is 0.841 bits per heavy atom. The third-order valence-corrected chi connectivity index (χ3v) is 6.81. The van der Waals surface area contributed by atoms with Gasteiger partial charge in [0.1, 0.15) is 29.3 Å². The first kappa shape index (κ1) is 36.3. The number of hydrogen-bond donors (Lipinski definition) is 2. The van der Waals surface area contributed by atoms with Gasteiger partial charge in [-0.15, -0.1) is 0 Å². The van der Waals surface area contributed by atoms with Gasteiger partial charge in [0.2, 0.25) is 11.8 Å². The fraction of sp³-hybridized carbons (Fsp3) is 0.543. The number of rotatable bonds is 11. The van der Waals surface area contributed by atoms with E-state index in [4.69, 9.17) is 9.47 Å². The van der Waals surface area contributed by atoms with Gasteiger partial charge in [-0.25, -0.2) is 9.59 Å². The number of ether oxygens (including phenoxy) is 2. The molecule has 0 aromatic heterocycles. The van der Waals surface area contributed by atoms with Crippen LogP contribution in [0.3, 0.4) is 0 Å². The van der Waals surface area contributed by atoms with E-state index in [1.807, 2.05) is 76.2 Å². The van der Waals surface area contributed by atoms with Crippen molar-refractivity contribution >= 4 is 23.9 Å². The minimum absolute atomic E-state index is 0.166. The van der Waals surface area contributed by atoms with E-state index >= 15 is 0 Å². The molecular formula is C35H51N3O6. The molecule has 0 saturated heterocycles. The minimum Gasteiger partial charge on any atom is -0.458 e. The summed E-state index contributed by atoms with van der Waals surface area (Å²) in [5.74, 6) is -1.85. The number of aryl methyl sites for hydroxylation is 2. The molecule has 3 atom stereocenters. The van der Waals surface area contributed by atoms with Crippen molar-refractivity contribution in [2.75, 3.05) is 6.54 Å². The molecule has 0 heterocycles. The standard InChI is InChI=1S/C35H51N3O6/c1-12-38(31(40)28(22(2)3)37-33(42)44-35(9,10)11)29(26-20-23(4)18-19-24(26)5)30(39)36-27(32(41)43-34(6,7)8)21-25-16-14-13-15-17-25/h13-20,22,27-29H,12,21H2,1-11H3,(H,36,39)(H,37,42). The highest BCUT2D eigenvalue weighted by Crippen LogP contribution is 2.28. The van der Waals surface area contributed by atoms with E-state index in [0.29, 0.717) is 5.56 Å². The number of esters is 1. The molecule has 3 amide bonds. The molecule has 0 aliphatic heterocycles. The number of amides is 3. The number of nitrogens with zero attached hydrogens (tertiary/aromatic N) is 1. The Kier molecular flexibility index (Phi) is 12.6. The number of benzene rings is 2. The molecule has 242 valence electrons. The van der Waals surface area contributed by atoms with Crippen molar-refractivity contribution in [2.45, 2.75) is 112 Å². The minimum atomic E-state index is -1.09. The second-order valence-electron chi connectivity index (χ2n) is 13.5. The normalized spacial score (nSPS) is 13.8. The first-order chi connectivity index (χ1) is 20.3. The molecule has 0 radical (unpaired) electrons. The average molecular weight is 610 g/mol. The summed E-state index contributed by atoms with van der Waals surface area (Å²) in [4.78, 5) is 56.2. The first-order valence-electron chi connectivity index (χ1n) is 15.3. The quantitative estimate of drug-likeness (QED) is 0.311. The molecular weight excluding hydrogens is 558 g/mol. The second kappa shape index (κ2) is 15.2. The highest BCUT2D eigenvalue weighted by molar-refractivity contribution is 5.94. The Morgan fingerprint density at radius 2 is 1.43 bits per heavy atom. The van der Waals surface area contributed by atoms with Crippen LogP contribution in [0.4, 0.5) is 4.79 Å². The number of likely N-dealkylation sites (N-methyl/N-ethyl adjacent to an activating group) is 1. The summed E-state index contributed by atoms with van der Waals surface area (Å²) < 4.78 is 11.1. The van der Waals surface area contributed by atoms with E-state index in [1.54, 1.807) is 48.5 Å². The lowest BCUT2D eigenvalue weighted by Gasteiger charge is -2.36. The van der Waals surface area contributed by atoms with Gasteiger partial charge >= 0.3 is 12.1 Å². The molecule has 0 bridgehead atoms. The summed E-state index contributed by atoms with van der Waals surface area (Å²) in [5, 5.41) is 5.64. The van der Waals surface area contributed by atoms with Crippen molar-refractivity contribution < 1.29 is 28.7 Å². The molecule has 0 fully saturated rings. The molecule has 3 unspecified atom stereocenters. The number of nitrogens with one attached hydrogen (secondary N) is 2. The van der Waals surface area contributed by atoms with Crippen LogP contribution in [0.1, 0.15) is 90.6 Å². The van der Waals surface area contributed by atoms with Crippen LogP contribution < -0.4 is 10.6 Å². The maximum absolute atomic E-state index is 14.4. The van der Waals surface area contributed by atoms with Gasteiger partial charge in [-0.1, -0.05) is 67.9 Å². The van der Waals surface area contributed by atoms with Crippen LogP contribution in [0, 0.1) is 19.8 Å². The number of alkyl carbamates (subject to hydrolysis) is 1. The predicted molar refractivity (Wildman–Crippen MR) is 172 cm³/mol. The molecule has 9 nitrogen and oxygen atoms in total. The average Bonchev–Trinajstić information content (AvgIpc) is 2.89. The molecule has 2 rings (SSSR count). The van der Waals surface area contributed by atoms with E-state index in [-0.39, 0.29) is 18.9 Å². The third-order valence-electron chi connectivity index (χ3n) is 6.81. The topological polar surface area (TPSA) is 114 Å². The Hall–Kier alpha value is -3.88. The van der Waals surface area contributed by atoms with Gasteiger partial charge in [0.05, 0.1) is 0 Å². The van der Waals surface area contributed by atoms with Gasteiger partial charge in [-0.05, 0) is 84.9 Å². The molecule has 0 saturated carbocycles. The largest absolute Gasteiger partial charge is 0.458 e. The summed E-state index contributed by atoms with van der Waals surface area (Å²) in [5.41, 5.74) is 1.66. The lowest BCUT2D eigenvalue weighted by Crippen LogP contribution is -2.56. The Labute approximate surface area is 263 Å². The highest BCUT2D eigenvalue weighted by Gasteiger charge is 2.39. The highest BCUT2D eigenvalue weighted by atomic mass is 16.6.